The van der Waals surface area contributed by atoms with Gasteiger partial charge in [-0.25, -0.2) is 4.79 Å². The van der Waals surface area contributed by atoms with Crippen molar-refractivity contribution in [2.45, 2.75) is 25.3 Å². The van der Waals surface area contributed by atoms with E-state index < -0.39 is 11.9 Å². The Hall–Kier alpha value is -2.18. The maximum atomic E-state index is 11.2. The van der Waals surface area contributed by atoms with E-state index in [2.05, 4.69) is 20.3 Å². The SMILES string of the molecule is COC(=O)c1ccc(N[C@H]2CC[C@@H](C(=O)O)C2)nn1. The van der Waals surface area contributed by atoms with Crippen LogP contribution in [0.2, 0.25) is 0 Å². The predicted molar refractivity (Wildman–Crippen MR) is 65.8 cm³/mol. The summed E-state index contributed by atoms with van der Waals surface area (Å²) in [5.41, 5.74) is 0.142. The Morgan fingerprint density at radius 1 is 1.37 bits per heavy atom. The summed E-state index contributed by atoms with van der Waals surface area (Å²) in [4.78, 5) is 22.0. The number of ether oxygens (including phenoxy) is 1. The molecule has 0 amide bonds. The second kappa shape index (κ2) is 5.64. The molecule has 1 aromatic rings. The minimum atomic E-state index is -0.753. The van der Waals surface area contributed by atoms with Gasteiger partial charge in [-0.05, 0) is 31.4 Å². The molecule has 2 N–H and O–H groups in total. The molecule has 1 saturated carbocycles. The summed E-state index contributed by atoms with van der Waals surface area (Å²) in [7, 11) is 1.28. The highest BCUT2D eigenvalue weighted by Gasteiger charge is 2.29. The standard InChI is InChI=1S/C12H15N3O4/c1-19-12(18)9-4-5-10(15-14-9)13-8-3-2-7(6-8)11(16)17/h4-5,7-8H,2-3,6H2,1H3,(H,13,15)(H,16,17)/t7-,8+/m1/s1. The second-order valence-electron chi connectivity index (χ2n) is 4.48. The molecule has 7 heteroatoms. The van der Waals surface area contributed by atoms with Crippen molar-refractivity contribution in [3.8, 4) is 0 Å². The number of carboxylic acid groups (broad SMARTS) is 1. The van der Waals surface area contributed by atoms with Crippen LogP contribution < -0.4 is 5.32 Å². The number of carbonyl (C=O) groups excluding carboxylic acids is 1. The molecule has 1 aliphatic carbocycles. The number of aliphatic carboxylic acids is 1. The van der Waals surface area contributed by atoms with Gasteiger partial charge in [-0.15, -0.1) is 10.2 Å². The molecule has 19 heavy (non-hydrogen) atoms. The van der Waals surface area contributed by atoms with Gasteiger partial charge in [-0.3, -0.25) is 4.79 Å². The van der Waals surface area contributed by atoms with Crippen molar-refractivity contribution in [3.63, 3.8) is 0 Å². The number of rotatable bonds is 4. The lowest BCUT2D eigenvalue weighted by molar-refractivity contribution is -0.141. The fourth-order valence-corrected chi connectivity index (χ4v) is 2.17. The van der Waals surface area contributed by atoms with Gasteiger partial charge in [0, 0.05) is 6.04 Å². The van der Waals surface area contributed by atoms with Crippen LogP contribution in [0.1, 0.15) is 29.8 Å². The van der Waals surface area contributed by atoms with Crippen molar-refractivity contribution in [2.24, 2.45) is 5.92 Å². The number of hydrogen-bond acceptors (Lipinski definition) is 6. The molecule has 0 aromatic carbocycles. The third-order valence-electron chi connectivity index (χ3n) is 3.19. The normalized spacial score (nSPS) is 21.9. The summed E-state index contributed by atoms with van der Waals surface area (Å²) in [5.74, 6) is -1.05. The molecule has 0 radical (unpaired) electrons. The zero-order valence-corrected chi connectivity index (χ0v) is 10.5. The van der Waals surface area contributed by atoms with Crippen molar-refractivity contribution in [1.29, 1.82) is 0 Å². The zero-order valence-electron chi connectivity index (χ0n) is 10.5. The van der Waals surface area contributed by atoms with E-state index in [-0.39, 0.29) is 17.7 Å². The average Bonchev–Trinajstić information content (AvgIpc) is 2.87. The van der Waals surface area contributed by atoms with E-state index in [1.165, 1.54) is 13.2 Å². The molecule has 0 bridgehead atoms. The Labute approximate surface area is 110 Å². The number of nitrogens with one attached hydrogen (secondary N) is 1. The molecule has 1 aromatic heterocycles. The summed E-state index contributed by atoms with van der Waals surface area (Å²) in [6.45, 7) is 0. The lowest BCUT2D eigenvalue weighted by atomic mass is 10.1. The molecular formula is C12H15N3O4. The second-order valence-corrected chi connectivity index (χ2v) is 4.48. The van der Waals surface area contributed by atoms with Crippen LogP contribution in [0, 0.1) is 5.92 Å². The van der Waals surface area contributed by atoms with Crippen LogP contribution in [0.25, 0.3) is 0 Å². The van der Waals surface area contributed by atoms with Crippen molar-refractivity contribution in [1.82, 2.24) is 10.2 Å². The molecule has 2 rings (SSSR count). The van der Waals surface area contributed by atoms with E-state index in [9.17, 15) is 9.59 Å². The van der Waals surface area contributed by atoms with Crippen molar-refractivity contribution in [2.75, 3.05) is 12.4 Å². The number of aromatic nitrogens is 2. The van der Waals surface area contributed by atoms with Gasteiger partial charge in [-0.2, -0.15) is 0 Å². The maximum absolute atomic E-state index is 11.2. The van der Waals surface area contributed by atoms with Gasteiger partial charge in [0.15, 0.2) is 5.69 Å². The number of hydrogen-bond donors (Lipinski definition) is 2. The monoisotopic (exact) mass is 265 g/mol. The summed E-state index contributed by atoms with van der Waals surface area (Å²) in [5, 5.41) is 19.6. The molecule has 1 heterocycles. The number of methoxy groups -OCH3 is 1. The third-order valence-corrected chi connectivity index (χ3v) is 3.19. The Kier molecular flexibility index (Phi) is 3.94. The first kappa shape index (κ1) is 13.3. The highest BCUT2D eigenvalue weighted by atomic mass is 16.5. The van der Waals surface area contributed by atoms with Gasteiger partial charge in [0.05, 0.1) is 13.0 Å². The fraction of sp³-hybridized carbons (Fsp3) is 0.500. The number of carboxylic acids is 1. The first-order valence-corrected chi connectivity index (χ1v) is 6.01. The van der Waals surface area contributed by atoms with Gasteiger partial charge in [0.25, 0.3) is 0 Å². The highest BCUT2D eigenvalue weighted by molar-refractivity contribution is 5.86. The number of nitrogens with zero attached hydrogens (tertiary/aromatic N) is 2. The summed E-state index contributed by atoms with van der Waals surface area (Å²) >= 11 is 0. The first-order valence-electron chi connectivity index (χ1n) is 6.01. The number of esters is 1. The van der Waals surface area contributed by atoms with Crippen LogP contribution >= 0.6 is 0 Å². The van der Waals surface area contributed by atoms with Crippen LogP contribution in [0.4, 0.5) is 5.82 Å². The van der Waals surface area contributed by atoms with Gasteiger partial charge in [0.1, 0.15) is 5.82 Å². The molecule has 1 fully saturated rings. The maximum Gasteiger partial charge on any atom is 0.358 e. The van der Waals surface area contributed by atoms with Crippen LogP contribution in [0.5, 0.6) is 0 Å². The molecule has 0 aliphatic heterocycles. The molecule has 0 spiro atoms. The first-order chi connectivity index (χ1) is 9.10. The Morgan fingerprint density at radius 3 is 2.68 bits per heavy atom. The molecule has 1 aliphatic rings. The number of carbonyl (C=O) groups is 2. The van der Waals surface area contributed by atoms with Crippen molar-refractivity contribution < 1.29 is 19.4 Å². The Balaban J connectivity index is 1.93. The van der Waals surface area contributed by atoms with Crippen LogP contribution in [-0.2, 0) is 9.53 Å². The average molecular weight is 265 g/mol. The molecule has 2 atom stereocenters. The predicted octanol–water partition coefficient (Wildman–Crippen LogP) is 0.928. The Bertz CT molecular complexity index is 474. The van der Waals surface area contributed by atoms with Gasteiger partial charge in [0.2, 0.25) is 0 Å². The lowest BCUT2D eigenvalue weighted by Gasteiger charge is -2.12. The van der Waals surface area contributed by atoms with Crippen molar-refractivity contribution >= 4 is 17.8 Å². The lowest BCUT2D eigenvalue weighted by Crippen LogP contribution is -2.19. The Morgan fingerprint density at radius 2 is 2.16 bits per heavy atom. The van der Waals surface area contributed by atoms with E-state index in [1.807, 2.05) is 0 Å². The zero-order chi connectivity index (χ0) is 13.8. The molecule has 102 valence electrons. The number of anilines is 1. The van der Waals surface area contributed by atoms with Crippen LogP contribution in [0.15, 0.2) is 12.1 Å². The summed E-state index contributed by atoms with van der Waals surface area (Å²) in [6, 6.07) is 3.23. The third kappa shape index (κ3) is 3.18. The largest absolute Gasteiger partial charge is 0.481 e. The smallest absolute Gasteiger partial charge is 0.358 e. The highest BCUT2D eigenvalue weighted by Crippen LogP contribution is 2.27. The van der Waals surface area contributed by atoms with Crippen LogP contribution in [-0.4, -0.2) is 40.4 Å². The molecule has 0 unspecified atom stereocenters. The van der Waals surface area contributed by atoms with E-state index in [0.717, 1.165) is 6.42 Å². The van der Waals surface area contributed by atoms with E-state index >= 15 is 0 Å². The topological polar surface area (TPSA) is 101 Å². The minimum absolute atomic E-state index is 0.0828. The van der Waals surface area contributed by atoms with E-state index in [0.29, 0.717) is 18.7 Å². The molecule has 7 nitrogen and oxygen atoms in total. The van der Waals surface area contributed by atoms with E-state index in [1.54, 1.807) is 6.07 Å². The van der Waals surface area contributed by atoms with Gasteiger partial charge >= 0.3 is 11.9 Å². The summed E-state index contributed by atoms with van der Waals surface area (Å²) < 4.78 is 4.52. The summed E-state index contributed by atoms with van der Waals surface area (Å²) in [6.07, 6.45) is 2.04. The fourth-order valence-electron chi connectivity index (χ4n) is 2.17. The van der Waals surface area contributed by atoms with Gasteiger partial charge < -0.3 is 15.2 Å². The van der Waals surface area contributed by atoms with E-state index in [4.69, 9.17) is 5.11 Å². The molecule has 0 saturated heterocycles. The van der Waals surface area contributed by atoms with Crippen molar-refractivity contribution in [3.05, 3.63) is 17.8 Å². The quantitative estimate of drug-likeness (QED) is 0.781. The minimum Gasteiger partial charge on any atom is -0.481 e. The molecular weight excluding hydrogens is 250 g/mol. The van der Waals surface area contributed by atoms with Gasteiger partial charge in [-0.1, -0.05) is 0 Å². The van der Waals surface area contributed by atoms with Crippen LogP contribution in [0.3, 0.4) is 0 Å².